The van der Waals surface area contributed by atoms with Gasteiger partial charge in [-0.15, -0.1) is 0 Å². The third-order valence-electron chi connectivity index (χ3n) is 5.72. The van der Waals surface area contributed by atoms with E-state index in [0.717, 1.165) is 44.5 Å². The number of imidazole rings is 1. The van der Waals surface area contributed by atoms with Gasteiger partial charge in [0.2, 0.25) is 5.82 Å². The van der Waals surface area contributed by atoms with E-state index in [1.54, 1.807) is 9.30 Å². The molecule has 0 unspecified atom stereocenters. The zero-order chi connectivity index (χ0) is 19.1. The summed E-state index contributed by atoms with van der Waals surface area (Å²) in [5.41, 5.74) is 3.16. The molecule has 1 fully saturated rings. The number of carbonyl (C=O) groups is 2. The second-order valence-corrected chi connectivity index (χ2v) is 7.43. The minimum absolute atomic E-state index is 0.0794. The summed E-state index contributed by atoms with van der Waals surface area (Å²) in [5, 5.41) is 0. The van der Waals surface area contributed by atoms with E-state index in [2.05, 4.69) is 11.1 Å². The van der Waals surface area contributed by atoms with E-state index in [4.69, 9.17) is 0 Å². The van der Waals surface area contributed by atoms with Gasteiger partial charge in [0.05, 0.1) is 5.52 Å². The second kappa shape index (κ2) is 6.78. The van der Waals surface area contributed by atoms with Gasteiger partial charge in [-0.05, 0) is 49.4 Å². The second-order valence-electron chi connectivity index (χ2n) is 7.43. The number of benzene rings is 1. The summed E-state index contributed by atoms with van der Waals surface area (Å²) >= 11 is 0. The van der Waals surface area contributed by atoms with E-state index in [9.17, 15) is 9.59 Å². The molecular formula is C22H22N4O2. The fourth-order valence-corrected chi connectivity index (χ4v) is 4.26. The molecule has 0 saturated carbocycles. The van der Waals surface area contributed by atoms with Crippen LogP contribution in [-0.4, -0.2) is 45.7 Å². The summed E-state index contributed by atoms with van der Waals surface area (Å²) < 4.78 is 1.75. The van der Waals surface area contributed by atoms with Crippen molar-refractivity contribution in [2.24, 2.45) is 0 Å². The van der Waals surface area contributed by atoms with E-state index in [0.29, 0.717) is 23.6 Å². The number of pyridine rings is 1. The lowest BCUT2D eigenvalue weighted by atomic mass is 10.1. The van der Waals surface area contributed by atoms with Gasteiger partial charge in [0.25, 0.3) is 11.8 Å². The number of anilines is 1. The van der Waals surface area contributed by atoms with E-state index in [-0.39, 0.29) is 11.8 Å². The average molecular weight is 374 g/mol. The van der Waals surface area contributed by atoms with Crippen LogP contribution < -0.4 is 4.90 Å². The molecule has 2 aliphatic heterocycles. The zero-order valence-electron chi connectivity index (χ0n) is 15.7. The maximum Gasteiger partial charge on any atom is 0.294 e. The molecule has 0 spiro atoms. The highest BCUT2D eigenvalue weighted by Crippen LogP contribution is 2.29. The Morgan fingerprint density at radius 3 is 2.50 bits per heavy atom. The van der Waals surface area contributed by atoms with Crippen LogP contribution in [-0.2, 0) is 6.42 Å². The maximum atomic E-state index is 13.4. The molecule has 6 heteroatoms. The highest BCUT2D eigenvalue weighted by molar-refractivity contribution is 6.08. The molecule has 142 valence electrons. The Balaban J connectivity index is 1.55. The summed E-state index contributed by atoms with van der Waals surface area (Å²) in [4.78, 5) is 34.6. The minimum atomic E-state index is -0.163. The van der Waals surface area contributed by atoms with Crippen LogP contribution >= 0.6 is 0 Å². The van der Waals surface area contributed by atoms with Crippen LogP contribution in [0.3, 0.4) is 0 Å². The number of para-hydroxylation sites is 1. The lowest BCUT2D eigenvalue weighted by Crippen LogP contribution is -2.36. The third-order valence-corrected chi connectivity index (χ3v) is 5.72. The zero-order valence-corrected chi connectivity index (χ0v) is 15.7. The third kappa shape index (κ3) is 2.68. The Labute approximate surface area is 163 Å². The van der Waals surface area contributed by atoms with Gasteiger partial charge in [-0.1, -0.05) is 24.3 Å². The number of piperidine rings is 1. The number of fused-ring (bicyclic) bond motifs is 2. The van der Waals surface area contributed by atoms with Crippen molar-refractivity contribution < 1.29 is 9.59 Å². The molecule has 0 N–H and O–H groups in total. The van der Waals surface area contributed by atoms with E-state index < -0.39 is 0 Å². The van der Waals surface area contributed by atoms with E-state index >= 15 is 0 Å². The van der Waals surface area contributed by atoms with Crippen LogP contribution in [0.25, 0.3) is 5.52 Å². The first kappa shape index (κ1) is 17.0. The summed E-state index contributed by atoms with van der Waals surface area (Å²) in [6, 6.07) is 13.6. The van der Waals surface area contributed by atoms with Crippen molar-refractivity contribution in [3.05, 3.63) is 65.7 Å². The molecule has 1 aromatic carbocycles. The van der Waals surface area contributed by atoms with Crippen LogP contribution in [0.5, 0.6) is 0 Å². The number of likely N-dealkylation sites (tertiary alicyclic amines) is 1. The van der Waals surface area contributed by atoms with E-state index in [1.165, 1.54) is 5.56 Å². The SMILES string of the molecule is O=C(c1nc(C(=O)N2CCc3ccccc32)n2ccccc12)N1CCCCC1. The number of hydrogen-bond acceptors (Lipinski definition) is 3. The highest BCUT2D eigenvalue weighted by Gasteiger charge is 2.31. The van der Waals surface area contributed by atoms with E-state index in [1.807, 2.05) is 47.5 Å². The fraction of sp³-hybridized carbons (Fsp3) is 0.318. The monoisotopic (exact) mass is 374 g/mol. The van der Waals surface area contributed by atoms with Gasteiger partial charge in [-0.25, -0.2) is 4.98 Å². The molecule has 28 heavy (non-hydrogen) atoms. The molecule has 0 radical (unpaired) electrons. The predicted molar refractivity (Wildman–Crippen MR) is 107 cm³/mol. The molecule has 3 aromatic rings. The van der Waals surface area contributed by atoms with Gasteiger partial charge in [0, 0.05) is 31.5 Å². The van der Waals surface area contributed by atoms with Gasteiger partial charge >= 0.3 is 0 Å². The topological polar surface area (TPSA) is 57.9 Å². The van der Waals surface area contributed by atoms with Gasteiger partial charge in [0.15, 0.2) is 5.69 Å². The Morgan fingerprint density at radius 2 is 1.64 bits per heavy atom. The lowest BCUT2D eigenvalue weighted by Gasteiger charge is -2.25. The average Bonchev–Trinajstić information content (AvgIpc) is 3.35. The molecule has 2 aliphatic rings. The lowest BCUT2D eigenvalue weighted by molar-refractivity contribution is 0.0721. The normalized spacial score (nSPS) is 16.4. The number of aromatic nitrogens is 2. The van der Waals surface area contributed by atoms with Crippen LogP contribution in [0.15, 0.2) is 48.7 Å². The predicted octanol–water partition coefficient (Wildman–Crippen LogP) is 3.16. The summed E-state index contributed by atoms with van der Waals surface area (Å²) in [6.45, 7) is 2.15. The van der Waals surface area contributed by atoms with Crippen molar-refractivity contribution >= 4 is 23.0 Å². The molecule has 0 bridgehead atoms. The van der Waals surface area contributed by atoms with Crippen LogP contribution in [0, 0.1) is 0 Å². The first-order valence-corrected chi connectivity index (χ1v) is 9.90. The van der Waals surface area contributed by atoms with Crippen LogP contribution in [0.4, 0.5) is 5.69 Å². The minimum Gasteiger partial charge on any atom is -0.337 e. The molecular weight excluding hydrogens is 352 g/mol. The molecule has 0 atom stereocenters. The van der Waals surface area contributed by atoms with Crippen molar-refractivity contribution in [3.8, 4) is 0 Å². The van der Waals surface area contributed by atoms with Crippen LogP contribution in [0.2, 0.25) is 0 Å². The molecule has 5 rings (SSSR count). The van der Waals surface area contributed by atoms with Gasteiger partial charge in [-0.3, -0.25) is 14.0 Å². The highest BCUT2D eigenvalue weighted by atomic mass is 16.2. The first-order chi connectivity index (χ1) is 13.7. The number of hydrogen-bond donors (Lipinski definition) is 0. The quantitative estimate of drug-likeness (QED) is 0.692. The molecule has 4 heterocycles. The fourth-order valence-electron chi connectivity index (χ4n) is 4.26. The summed E-state index contributed by atoms with van der Waals surface area (Å²) in [5.74, 6) is 0.0563. The number of amides is 2. The maximum absolute atomic E-state index is 13.4. The smallest absolute Gasteiger partial charge is 0.294 e. The van der Waals surface area contributed by atoms with Crippen LogP contribution in [0.1, 0.15) is 45.9 Å². The van der Waals surface area contributed by atoms with Crippen molar-refractivity contribution in [1.29, 1.82) is 0 Å². The molecule has 2 amide bonds. The van der Waals surface area contributed by atoms with Gasteiger partial charge in [0.1, 0.15) is 0 Å². The van der Waals surface area contributed by atoms with Crippen molar-refractivity contribution in [2.45, 2.75) is 25.7 Å². The number of rotatable bonds is 2. The van der Waals surface area contributed by atoms with Crippen molar-refractivity contribution in [1.82, 2.24) is 14.3 Å². The summed E-state index contributed by atoms with van der Waals surface area (Å²) in [7, 11) is 0. The standard InChI is InChI=1S/C22H22N4O2/c27-21(24-12-5-1-6-13-24)19-18-10-4-7-14-25(18)20(23-19)22(28)26-15-11-16-8-2-3-9-17(16)26/h2-4,7-10,14H,1,5-6,11-13,15H2. The molecule has 6 nitrogen and oxygen atoms in total. The largest absolute Gasteiger partial charge is 0.337 e. The molecule has 0 aliphatic carbocycles. The molecule has 1 saturated heterocycles. The Morgan fingerprint density at radius 1 is 0.857 bits per heavy atom. The number of nitrogens with zero attached hydrogens (tertiary/aromatic N) is 4. The van der Waals surface area contributed by atoms with Gasteiger partial charge in [-0.2, -0.15) is 0 Å². The Kier molecular flexibility index (Phi) is 4.11. The van der Waals surface area contributed by atoms with Crippen molar-refractivity contribution in [3.63, 3.8) is 0 Å². The number of carbonyl (C=O) groups excluding carboxylic acids is 2. The summed E-state index contributed by atoms with van der Waals surface area (Å²) in [6.07, 6.45) is 5.85. The van der Waals surface area contributed by atoms with Crippen molar-refractivity contribution in [2.75, 3.05) is 24.5 Å². The Bertz CT molecular complexity index is 1070. The first-order valence-electron chi connectivity index (χ1n) is 9.90. The Hall–Kier alpha value is -3.15. The van der Waals surface area contributed by atoms with Gasteiger partial charge < -0.3 is 9.80 Å². The molecule has 2 aromatic heterocycles.